The molecule has 5 fully saturated rings. The zero-order valence-corrected chi connectivity index (χ0v) is 17.3. The van der Waals surface area contributed by atoms with E-state index in [1.54, 1.807) is 0 Å². The van der Waals surface area contributed by atoms with Crippen LogP contribution in [0.4, 0.5) is 0 Å². The monoisotopic (exact) mass is 362 g/mol. The van der Waals surface area contributed by atoms with Gasteiger partial charge in [0, 0.05) is 6.10 Å². The van der Waals surface area contributed by atoms with Gasteiger partial charge in [0.25, 0.3) is 6.92 Å². The molecule has 4 heteroatoms. The van der Waals surface area contributed by atoms with Crippen LogP contribution in [-0.2, 0) is 14.1 Å². The SMILES string of the molecule is C[C@@H]1[C@H]2C[C@@H](C[C@H]1B1CCC[C@@H](CCCCC3OCCCO3)O1)C2(C)C. The van der Waals surface area contributed by atoms with Crippen LogP contribution < -0.4 is 0 Å². The smallest absolute Gasteiger partial charge is 0.296 e. The normalized spacial score (nSPS) is 40.3. The zero-order valence-electron chi connectivity index (χ0n) is 17.3. The third kappa shape index (κ3) is 3.89. The second-order valence-electron chi connectivity index (χ2n) is 10.2. The minimum absolute atomic E-state index is 0.0574. The van der Waals surface area contributed by atoms with Gasteiger partial charge in [-0.25, -0.2) is 0 Å². The van der Waals surface area contributed by atoms with E-state index in [0.29, 0.717) is 18.4 Å². The molecule has 0 unspecified atom stereocenters. The molecule has 2 aliphatic heterocycles. The van der Waals surface area contributed by atoms with Crippen LogP contribution in [0.1, 0.15) is 78.6 Å². The Balaban J connectivity index is 1.20. The quantitative estimate of drug-likeness (QED) is 0.458. The van der Waals surface area contributed by atoms with Gasteiger partial charge in [-0.3, -0.25) is 0 Å². The molecule has 0 amide bonds. The molecule has 5 rings (SSSR count). The Morgan fingerprint density at radius 3 is 2.50 bits per heavy atom. The Labute approximate surface area is 161 Å². The van der Waals surface area contributed by atoms with Gasteiger partial charge in [0.15, 0.2) is 6.29 Å². The van der Waals surface area contributed by atoms with Gasteiger partial charge >= 0.3 is 0 Å². The summed E-state index contributed by atoms with van der Waals surface area (Å²) in [4.78, 5) is 0. The summed E-state index contributed by atoms with van der Waals surface area (Å²) in [5.41, 5.74) is 0.591. The molecule has 0 radical (unpaired) electrons. The second kappa shape index (κ2) is 8.13. The first-order valence-electron chi connectivity index (χ1n) is 11.4. The Morgan fingerprint density at radius 2 is 1.77 bits per heavy atom. The molecule has 5 aliphatic rings. The van der Waals surface area contributed by atoms with Crippen LogP contribution in [0.3, 0.4) is 0 Å². The van der Waals surface area contributed by atoms with Crippen LogP contribution in [0.25, 0.3) is 0 Å². The lowest BCUT2D eigenvalue weighted by atomic mass is 9.34. The van der Waals surface area contributed by atoms with Gasteiger partial charge in [0.05, 0.1) is 13.2 Å². The van der Waals surface area contributed by atoms with Gasteiger partial charge in [-0.1, -0.05) is 40.0 Å². The van der Waals surface area contributed by atoms with Gasteiger partial charge in [-0.2, -0.15) is 0 Å². The molecular weight excluding hydrogens is 323 g/mol. The fourth-order valence-electron chi connectivity index (χ4n) is 6.52. The fourth-order valence-corrected chi connectivity index (χ4v) is 6.52. The van der Waals surface area contributed by atoms with Crippen molar-refractivity contribution in [2.75, 3.05) is 13.2 Å². The molecule has 2 heterocycles. The highest BCUT2D eigenvalue weighted by Gasteiger charge is 2.58. The van der Waals surface area contributed by atoms with Gasteiger partial charge in [-0.15, -0.1) is 0 Å². The predicted molar refractivity (Wildman–Crippen MR) is 106 cm³/mol. The molecule has 3 nitrogen and oxygen atoms in total. The molecule has 0 aromatic rings. The van der Waals surface area contributed by atoms with Crippen LogP contribution >= 0.6 is 0 Å². The molecular formula is C22H39BO3. The number of fused-ring (bicyclic) bond motifs is 2. The molecule has 148 valence electrons. The van der Waals surface area contributed by atoms with Gasteiger partial charge < -0.3 is 14.1 Å². The van der Waals surface area contributed by atoms with Gasteiger partial charge in [-0.05, 0) is 73.8 Å². The maximum Gasteiger partial charge on any atom is 0.296 e. The maximum atomic E-state index is 6.66. The molecule has 3 aliphatic carbocycles. The molecule has 0 aromatic heterocycles. The van der Waals surface area contributed by atoms with E-state index in [1.165, 1.54) is 51.3 Å². The number of hydrogen-bond acceptors (Lipinski definition) is 3. The summed E-state index contributed by atoms with van der Waals surface area (Å²) in [6.45, 7) is 9.80. The molecule has 2 saturated heterocycles. The summed E-state index contributed by atoms with van der Waals surface area (Å²) in [6, 6.07) is 0. The third-order valence-corrected chi connectivity index (χ3v) is 8.38. The molecule has 2 bridgehead atoms. The van der Waals surface area contributed by atoms with Crippen molar-refractivity contribution in [1.82, 2.24) is 0 Å². The first-order chi connectivity index (χ1) is 12.6. The van der Waals surface area contributed by atoms with Crippen molar-refractivity contribution in [2.24, 2.45) is 23.2 Å². The van der Waals surface area contributed by atoms with E-state index in [0.717, 1.165) is 49.6 Å². The second-order valence-corrected chi connectivity index (χ2v) is 10.2. The van der Waals surface area contributed by atoms with Crippen molar-refractivity contribution in [1.29, 1.82) is 0 Å². The summed E-state index contributed by atoms with van der Waals surface area (Å²) in [5, 5.41) is 0. The van der Waals surface area contributed by atoms with Crippen molar-refractivity contribution in [3.05, 3.63) is 0 Å². The average molecular weight is 362 g/mol. The average Bonchev–Trinajstić information content (AvgIpc) is 2.66. The predicted octanol–water partition coefficient (Wildman–Crippen LogP) is 5.55. The highest BCUT2D eigenvalue weighted by molar-refractivity contribution is 6.54. The van der Waals surface area contributed by atoms with Crippen LogP contribution in [-0.4, -0.2) is 32.5 Å². The zero-order chi connectivity index (χ0) is 18.1. The summed E-state index contributed by atoms with van der Waals surface area (Å²) >= 11 is 0. The van der Waals surface area contributed by atoms with E-state index < -0.39 is 0 Å². The van der Waals surface area contributed by atoms with Crippen LogP contribution in [0.5, 0.6) is 0 Å². The number of ether oxygens (including phenoxy) is 2. The molecule has 26 heavy (non-hydrogen) atoms. The minimum Gasteiger partial charge on any atom is -0.433 e. The molecule has 0 aromatic carbocycles. The van der Waals surface area contributed by atoms with E-state index in [2.05, 4.69) is 20.8 Å². The lowest BCUT2D eigenvalue weighted by Gasteiger charge is -2.63. The fraction of sp³-hybridized carbons (Fsp3) is 1.00. The van der Waals surface area contributed by atoms with E-state index >= 15 is 0 Å². The van der Waals surface area contributed by atoms with Gasteiger partial charge in [0.2, 0.25) is 0 Å². The van der Waals surface area contributed by atoms with Crippen molar-refractivity contribution >= 4 is 6.92 Å². The Hall–Kier alpha value is -0.0551. The first kappa shape index (κ1) is 19.3. The van der Waals surface area contributed by atoms with E-state index in [9.17, 15) is 0 Å². The minimum atomic E-state index is 0.0574. The summed E-state index contributed by atoms with van der Waals surface area (Å²) in [6.07, 6.45) is 13.2. The van der Waals surface area contributed by atoms with Crippen LogP contribution in [0, 0.1) is 23.2 Å². The maximum absolute atomic E-state index is 6.66. The standard InChI is InChI=1S/C22H39BO3/c1-16-19-14-17(22(19,2)3)15-20(16)23-11-6-9-18(26-23)8-4-5-10-21-24-12-7-13-25-21/h16-21H,4-15H2,1-3H3/t16-,17+,18-,19-,20-/m1/s1. The van der Waals surface area contributed by atoms with E-state index in [1.807, 2.05) is 0 Å². The van der Waals surface area contributed by atoms with Crippen LogP contribution in [0.2, 0.25) is 12.1 Å². The first-order valence-corrected chi connectivity index (χ1v) is 11.4. The topological polar surface area (TPSA) is 27.7 Å². The van der Waals surface area contributed by atoms with Crippen molar-refractivity contribution in [3.8, 4) is 0 Å². The summed E-state index contributed by atoms with van der Waals surface area (Å²) in [7, 11) is 0. The van der Waals surface area contributed by atoms with Gasteiger partial charge in [0.1, 0.15) is 0 Å². The van der Waals surface area contributed by atoms with Crippen molar-refractivity contribution in [2.45, 2.75) is 103 Å². The van der Waals surface area contributed by atoms with Crippen molar-refractivity contribution < 1.29 is 14.1 Å². The molecule has 0 spiro atoms. The number of unbranched alkanes of at least 4 members (excludes halogenated alkanes) is 1. The lowest BCUT2D eigenvalue weighted by Crippen LogP contribution is -2.56. The van der Waals surface area contributed by atoms with Crippen molar-refractivity contribution in [3.63, 3.8) is 0 Å². The Kier molecular flexibility index (Phi) is 6.02. The summed E-state index contributed by atoms with van der Waals surface area (Å²) in [5.74, 6) is 3.55. The highest BCUT2D eigenvalue weighted by Crippen LogP contribution is 2.65. The lowest BCUT2D eigenvalue weighted by molar-refractivity contribution is -0.181. The highest BCUT2D eigenvalue weighted by atomic mass is 16.7. The van der Waals surface area contributed by atoms with Crippen LogP contribution in [0.15, 0.2) is 0 Å². The molecule has 0 N–H and O–H groups in total. The molecule has 5 atom stereocenters. The Morgan fingerprint density at radius 1 is 1.00 bits per heavy atom. The summed E-state index contributed by atoms with van der Waals surface area (Å²) < 4.78 is 18.0. The molecule has 3 saturated carbocycles. The van der Waals surface area contributed by atoms with E-state index in [4.69, 9.17) is 14.1 Å². The Bertz CT molecular complexity index is 462. The number of hydrogen-bond donors (Lipinski definition) is 0. The number of rotatable bonds is 6. The third-order valence-electron chi connectivity index (χ3n) is 8.38. The van der Waals surface area contributed by atoms with E-state index in [-0.39, 0.29) is 6.29 Å². The largest absolute Gasteiger partial charge is 0.433 e.